The van der Waals surface area contributed by atoms with E-state index in [9.17, 15) is 9.90 Å². The number of pyridine rings is 2. The van der Waals surface area contributed by atoms with Gasteiger partial charge in [-0.15, -0.1) is 0 Å². The Morgan fingerprint density at radius 3 is 2.43 bits per heavy atom. The molecule has 0 aliphatic carbocycles. The number of likely N-dealkylation sites (tertiary alicyclic amines) is 1. The van der Waals surface area contributed by atoms with Crippen molar-refractivity contribution >= 4 is 17.7 Å². The lowest BCUT2D eigenvalue weighted by molar-refractivity contribution is 0.0855. The number of hydrogen-bond donors (Lipinski definition) is 1. The number of carbonyl (C=O) groups is 1. The molecule has 0 unspecified atom stereocenters. The summed E-state index contributed by atoms with van der Waals surface area (Å²) < 4.78 is 0. The van der Waals surface area contributed by atoms with Gasteiger partial charge in [0.1, 0.15) is 0 Å². The molecule has 7 heteroatoms. The Morgan fingerprint density at radius 1 is 1.09 bits per heavy atom. The second-order valence-electron chi connectivity index (χ2n) is 9.81. The molecular weight excluding hydrogens is 460 g/mol. The summed E-state index contributed by atoms with van der Waals surface area (Å²) in [4.78, 5) is 24.8. The van der Waals surface area contributed by atoms with E-state index in [0.29, 0.717) is 31.2 Å². The molecule has 0 saturated carbocycles. The second kappa shape index (κ2) is 10.8. The van der Waals surface area contributed by atoms with Crippen LogP contribution in [0, 0.1) is 6.92 Å². The molecule has 1 aliphatic heterocycles. The number of aromatic nitrogens is 2. The van der Waals surface area contributed by atoms with E-state index >= 15 is 0 Å². The molecule has 0 bridgehead atoms. The SMILES string of the molecule is Cc1cc(Cl)cnc1CN(Cc1ncccc1C(C)(C)c1ccccc1)C1CCN(C(=O)O)CC1. The topological polar surface area (TPSA) is 69.6 Å². The van der Waals surface area contributed by atoms with Crippen LogP contribution in [0.2, 0.25) is 5.02 Å². The van der Waals surface area contributed by atoms with Gasteiger partial charge < -0.3 is 10.0 Å². The van der Waals surface area contributed by atoms with E-state index in [1.807, 2.05) is 31.3 Å². The highest BCUT2D eigenvalue weighted by molar-refractivity contribution is 6.30. The standard InChI is InChI=1S/C28H33ClN4O2/c1-20-16-22(29)17-31-25(20)18-33(23-11-14-32(15-12-23)27(34)35)19-26-24(10-7-13-30-26)28(2,3)21-8-5-4-6-9-21/h4-10,13,16-17,23H,11-12,14-15,18-19H2,1-3H3,(H,34,35). The van der Waals surface area contributed by atoms with Gasteiger partial charge in [0, 0.05) is 50.0 Å². The van der Waals surface area contributed by atoms with E-state index in [-0.39, 0.29) is 11.5 Å². The highest BCUT2D eigenvalue weighted by atomic mass is 35.5. The smallest absolute Gasteiger partial charge is 0.407 e. The van der Waals surface area contributed by atoms with Crippen LogP contribution in [0.25, 0.3) is 0 Å². The van der Waals surface area contributed by atoms with Crippen molar-refractivity contribution in [2.45, 2.75) is 58.2 Å². The molecule has 3 aromatic rings. The fourth-order valence-electron chi connectivity index (χ4n) is 5.00. The maximum absolute atomic E-state index is 11.5. The van der Waals surface area contributed by atoms with Crippen LogP contribution in [0.1, 0.15) is 54.8 Å². The molecule has 184 valence electrons. The molecule has 1 aliphatic rings. The number of amides is 1. The zero-order chi connectivity index (χ0) is 25.0. The Hall–Kier alpha value is -2.96. The van der Waals surface area contributed by atoms with Crippen molar-refractivity contribution in [1.82, 2.24) is 19.8 Å². The van der Waals surface area contributed by atoms with Crippen molar-refractivity contribution in [3.8, 4) is 0 Å². The summed E-state index contributed by atoms with van der Waals surface area (Å²) in [5.74, 6) is 0. The van der Waals surface area contributed by atoms with Gasteiger partial charge in [-0.2, -0.15) is 0 Å². The van der Waals surface area contributed by atoms with Gasteiger partial charge in [-0.25, -0.2) is 4.79 Å². The normalized spacial score (nSPS) is 14.9. The van der Waals surface area contributed by atoms with E-state index in [2.05, 4.69) is 54.1 Å². The first-order valence-corrected chi connectivity index (χ1v) is 12.5. The molecule has 0 radical (unpaired) electrons. The molecule has 1 saturated heterocycles. The lowest BCUT2D eigenvalue weighted by atomic mass is 9.77. The lowest BCUT2D eigenvalue weighted by Gasteiger charge is -2.38. The van der Waals surface area contributed by atoms with Crippen LogP contribution in [0.15, 0.2) is 60.9 Å². The van der Waals surface area contributed by atoms with Gasteiger partial charge in [0.15, 0.2) is 0 Å². The molecule has 4 rings (SSSR count). The molecule has 6 nitrogen and oxygen atoms in total. The molecule has 0 spiro atoms. The first kappa shape index (κ1) is 25.1. The molecule has 1 N–H and O–H groups in total. The summed E-state index contributed by atoms with van der Waals surface area (Å²) >= 11 is 6.16. The number of carboxylic acid groups (broad SMARTS) is 1. The minimum absolute atomic E-state index is 0.211. The van der Waals surface area contributed by atoms with Crippen LogP contribution in [-0.2, 0) is 18.5 Å². The van der Waals surface area contributed by atoms with E-state index in [1.165, 1.54) is 16.0 Å². The molecule has 35 heavy (non-hydrogen) atoms. The molecular formula is C28H33ClN4O2. The van der Waals surface area contributed by atoms with E-state index in [0.717, 1.165) is 29.8 Å². The number of hydrogen-bond acceptors (Lipinski definition) is 4. The Kier molecular flexibility index (Phi) is 7.72. The second-order valence-corrected chi connectivity index (χ2v) is 10.2. The third-order valence-electron chi connectivity index (χ3n) is 7.17. The summed E-state index contributed by atoms with van der Waals surface area (Å²) in [7, 11) is 0. The first-order valence-electron chi connectivity index (χ1n) is 12.1. The van der Waals surface area contributed by atoms with Gasteiger partial charge in [0.25, 0.3) is 0 Å². The molecule has 3 heterocycles. The zero-order valence-corrected chi connectivity index (χ0v) is 21.4. The fourth-order valence-corrected chi connectivity index (χ4v) is 5.21. The Bertz CT molecular complexity index is 1160. The van der Waals surface area contributed by atoms with Crippen LogP contribution in [0.5, 0.6) is 0 Å². The average molecular weight is 493 g/mol. The highest BCUT2D eigenvalue weighted by Crippen LogP contribution is 2.34. The van der Waals surface area contributed by atoms with Gasteiger partial charge in [-0.3, -0.25) is 14.9 Å². The minimum Gasteiger partial charge on any atom is -0.465 e. The number of aryl methyl sites for hydroxylation is 1. The number of piperidine rings is 1. The average Bonchev–Trinajstić information content (AvgIpc) is 2.86. The monoisotopic (exact) mass is 492 g/mol. The Labute approximate surface area is 212 Å². The number of nitrogens with zero attached hydrogens (tertiary/aromatic N) is 4. The summed E-state index contributed by atoms with van der Waals surface area (Å²) in [6.45, 7) is 8.90. The Morgan fingerprint density at radius 2 is 1.77 bits per heavy atom. The Balaban J connectivity index is 1.65. The zero-order valence-electron chi connectivity index (χ0n) is 20.6. The van der Waals surface area contributed by atoms with Gasteiger partial charge in [0.2, 0.25) is 0 Å². The third kappa shape index (κ3) is 5.82. The summed E-state index contributed by atoms with van der Waals surface area (Å²) in [5.41, 5.74) is 5.29. The quantitative estimate of drug-likeness (QED) is 0.444. The van der Waals surface area contributed by atoms with Crippen molar-refractivity contribution in [1.29, 1.82) is 0 Å². The molecule has 1 fully saturated rings. The largest absolute Gasteiger partial charge is 0.465 e. The summed E-state index contributed by atoms with van der Waals surface area (Å²) in [6, 6.07) is 16.9. The van der Waals surface area contributed by atoms with Crippen LogP contribution in [0.3, 0.4) is 0 Å². The van der Waals surface area contributed by atoms with E-state index < -0.39 is 6.09 Å². The van der Waals surface area contributed by atoms with Gasteiger partial charge in [-0.05, 0) is 48.6 Å². The number of halogens is 1. The fraction of sp³-hybridized carbons (Fsp3) is 0.393. The summed E-state index contributed by atoms with van der Waals surface area (Å²) in [6.07, 6.45) is 4.27. The maximum Gasteiger partial charge on any atom is 0.407 e. The van der Waals surface area contributed by atoms with Gasteiger partial charge in [-0.1, -0.05) is 61.8 Å². The maximum atomic E-state index is 11.5. The first-order chi connectivity index (χ1) is 16.8. The third-order valence-corrected chi connectivity index (χ3v) is 7.38. The van der Waals surface area contributed by atoms with Crippen LogP contribution in [0.4, 0.5) is 4.79 Å². The van der Waals surface area contributed by atoms with Gasteiger partial charge in [0.05, 0.1) is 16.4 Å². The van der Waals surface area contributed by atoms with Crippen LogP contribution < -0.4 is 0 Å². The van der Waals surface area contributed by atoms with Crippen LogP contribution >= 0.6 is 11.6 Å². The van der Waals surface area contributed by atoms with Crippen molar-refractivity contribution in [2.75, 3.05) is 13.1 Å². The van der Waals surface area contributed by atoms with Crippen molar-refractivity contribution in [3.63, 3.8) is 0 Å². The van der Waals surface area contributed by atoms with E-state index in [1.54, 1.807) is 6.20 Å². The van der Waals surface area contributed by atoms with Crippen molar-refractivity contribution in [2.24, 2.45) is 0 Å². The number of benzene rings is 1. The predicted molar refractivity (Wildman–Crippen MR) is 139 cm³/mol. The molecule has 1 amide bonds. The van der Waals surface area contributed by atoms with Crippen molar-refractivity contribution < 1.29 is 9.90 Å². The molecule has 1 aromatic carbocycles. The summed E-state index contributed by atoms with van der Waals surface area (Å²) in [5, 5.41) is 10.0. The molecule has 0 atom stereocenters. The van der Waals surface area contributed by atoms with Gasteiger partial charge >= 0.3 is 6.09 Å². The predicted octanol–water partition coefficient (Wildman–Crippen LogP) is 5.91. The number of rotatable bonds is 7. The lowest BCUT2D eigenvalue weighted by Crippen LogP contribution is -2.46. The van der Waals surface area contributed by atoms with Crippen LogP contribution in [-0.4, -0.2) is 50.1 Å². The minimum atomic E-state index is -0.846. The highest BCUT2D eigenvalue weighted by Gasteiger charge is 2.31. The molecule has 2 aromatic heterocycles. The van der Waals surface area contributed by atoms with Crippen molar-refractivity contribution in [3.05, 3.63) is 94.0 Å². The van der Waals surface area contributed by atoms with E-state index in [4.69, 9.17) is 16.6 Å².